The number of aryl methyl sites for hydroxylation is 1. The van der Waals surface area contributed by atoms with Gasteiger partial charge in [0.15, 0.2) is 0 Å². The molecule has 16 heavy (non-hydrogen) atoms. The molecular weight excluding hydrogens is 214 g/mol. The van der Waals surface area contributed by atoms with Crippen molar-refractivity contribution in [2.24, 2.45) is 0 Å². The molecular formula is C14H23NS. The van der Waals surface area contributed by atoms with Crippen LogP contribution >= 0.6 is 11.8 Å². The number of nitrogens with one attached hydrogen (secondary N) is 1. The third kappa shape index (κ3) is 4.18. The van der Waals surface area contributed by atoms with Crippen LogP contribution in [0, 0.1) is 6.92 Å². The molecule has 0 bridgehead atoms. The van der Waals surface area contributed by atoms with E-state index in [0.29, 0.717) is 6.04 Å². The highest BCUT2D eigenvalue weighted by molar-refractivity contribution is 7.98. The Morgan fingerprint density at radius 3 is 2.69 bits per heavy atom. The highest BCUT2D eigenvalue weighted by Crippen LogP contribution is 2.20. The molecule has 90 valence electrons. The molecule has 0 heterocycles. The second-order valence-corrected chi connectivity index (χ2v) is 5.22. The Labute approximate surface area is 104 Å². The summed E-state index contributed by atoms with van der Waals surface area (Å²) in [6, 6.07) is 7.36. The van der Waals surface area contributed by atoms with Crippen molar-refractivity contribution in [3.63, 3.8) is 0 Å². The molecule has 0 spiro atoms. The third-order valence-corrected chi connectivity index (χ3v) is 3.73. The summed E-state index contributed by atoms with van der Waals surface area (Å²) in [6.45, 7) is 7.66. The molecule has 0 radical (unpaired) electrons. The predicted molar refractivity (Wildman–Crippen MR) is 74.2 cm³/mol. The molecule has 1 atom stereocenters. The van der Waals surface area contributed by atoms with Crippen LogP contribution in [0.25, 0.3) is 0 Å². The van der Waals surface area contributed by atoms with Crippen LogP contribution in [0.15, 0.2) is 23.1 Å². The number of rotatable bonds is 6. The van der Waals surface area contributed by atoms with Gasteiger partial charge in [0.2, 0.25) is 0 Å². The monoisotopic (exact) mass is 237 g/mol. The highest BCUT2D eigenvalue weighted by Gasteiger charge is 2.02. The summed E-state index contributed by atoms with van der Waals surface area (Å²) in [7, 11) is 0. The van der Waals surface area contributed by atoms with E-state index in [9.17, 15) is 0 Å². The van der Waals surface area contributed by atoms with E-state index < -0.39 is 0 Å². The maximum Gasteiger partial charge on any atom is 0.0208 e. The second kappa shape index (κ2) is 6.97. The fraction of sp³-hybridized carbons (Fsp3) is 0.571. The van der Waals surface area contributed by atoms with E-state index in [-0.39, 0.29) is 0 Å². The average molecular weight is 237 g/mol. The van der Waals surface area contributed by atoms with Gasteiger partial charge < -0.3 is 5.32 Å². The van der Waals surface area contributed by atoms with Crippen LogP contribution in [0.5, 0.6) is 0 Å². The lowest BCUT2D eigenvalue weighted by molar-refractivity contribution is 0.508. The van der Waals surface area contributed by atoms with Gasteiger partial charge in [-0.2, -0.15) is 0 Å². The summed E-state index contributed by atoms with van der Waals surface area (Å²) in [5.41, 5.74) is 2.77. The van der Waals surface area contributed by atoms with E-state index in [1.165, 1.54) is 28.9 Å². The maximum atomic E-state index is 3.56. The molecule has 0 aromatic heterocycles. The fourth-order valence-corrected chi connectivity index (χ4v) is 2.46. The summed E-state index contributed by atoms with van der Waals surface area (Å²) < 4.78 is 0. The molecule has 0 amide bonds. The van der Waals surface area contributed by atoms with E-state index >= 15 is 0 Å². The van der Waals surface area contributed by atoms with Gasteiger partial charge in [-0.15, -0.1) is 11.8 Å². The zero-order valence-electron chi connectivity index (χ0n) is 10.8. The SMILES string of the molecule is CCCC(C)NCc1ccc(SC)c(C)c1. The standard InChI is InChI=1S/C14H23NS/c1-5-6-12(3)15-10-13-7-8-14(16-4)11(2)9-13/h7-9,12,15H,5-6,10H2,1-4H3. The summed E-state index contributed by atoms with van der Waals surface area (Å²) in [4.78, 5) is 1.38. The summed E-state index contributed by atoms with van der Waals surface area (Å²) in [5.74, 6) is 0. The fourth-order valence-electron chi connectivity index (χ4n) is 1.88. The number of hydrogen-bond donors (Lipinski definition) is 1. The van der Waals surface area contributed by atoms with Crippen molar-refractivity contribution in [2.75, 3.05) is 6.26 Å². The molecule has 0 saturated heterocycles. The average Bonchev–Trinajstić information content (AvgIpc) is 2.27. The molecule has 0 aliphatic carbocycles. The van der Waals surface area contributed by atoms with E-state index in [1.807, 2.05) is 11.8 Å². The smallest absolute Gasteiger partial charge is 0.0208 e. The summed E-state index contributed by atoms with van der Waals surface area (Å²) in [6.07, 6.45) is 4.63. The Hall–Kier alpha value is -0.470. The quantitative estimate of drug-likeness (QED) is 0.751. The van der Waals surface area contributed by atoms with Crippen LogP contribution in [0.2, 0.25) is 0 Å². The zero-order chi connectivity index (χ0) is 12.0. The molecule has 1 unspecified atom stereocenters. The first-order valence-corrected chi connectivity index (χ1v) is 7.26. The van der Waals surface area contributed by atoms with E-state index in [0.717, 1.165) is 6.54 Å². The van der Waals surface area contributed by atoms with Gasteiger partial charge in [-0.25, -0.2) is 0 Å². The van der Waals surface area contributed by atoms with Gasteiger partial charge in [0, 0.05) is 17.5 Å². The van der Waals surface area contributed by atoms with Crippen LogP contribution in [-0.4, -0.2) is 12.3 Å². The maximum absolute atomic E-state index is 3.56. The van der Waals surface area contributed by atoms with Crippen LogP contribution < -0.4 is 5.32 Å². The van der Waals surface area contributed by atoms with Gasteiger partial charge in [-0.3, -0.25) is 0 Å². The third-order valence-electron chi connectivity index (χ3n) is 2.84. The molecule has 1 aromatic rings. The van der Waals surface area contributed by atoms with Crippen molar-refractivity contribution in [1.29, 1.82) is 0 Å². The molecule has 0 aliphatic heterocycles. The first kappa shape index (κ1) is 13.6. The highest BCUT2D eigenvalue weighted by atomic mass is 32.2. The Balaban J connectivity index is 2.51. The zero-order valence-corrected chi connectivity index (χ0v) is 11.7. The summed E-state index contributed by atoms with van der Waals surface area (Å²) in [5, 5.41) is 3.56. The molecule has 0 aliphatic rings. The van der Waals surface area contributed by atoms with Gasteiger partial charge in [-0.05, 0) is 43.7 Å². The van der Waals surface area contributed by atoms with E-state index in [1.54, 1.807) is 0 Å². The topological polar surface area (TPSA) is 12.0 Å². The van der Waals surface area contributed by atoms with Gasteiger partial charge in [0.25, 0.3) is 0 Å². The normalized spacial score (nSPS) is 12.8. The minimum absolute atomic E-state index is 0.616. The minimum atomic E-state index is 0.616. The second-order valence-electron chi connectivity index (χ2n) is 4.37. The first-order valence-electron chi connectivity index (χ1n) is 6.04. The number of benzene rings is 1. The first-order chi connectivity index (χ1) is 7.67. The lowest BCUT2D eigenvalue weighted by Crippen LogP contribution is -2.25. The van der Waals surface area contributed by atoms with Crippen molar-refractivity contribution >= 4 is 11.8 Å². The largest absolute Gasteiger partial charge is 0.310 e. The van der Waals surface area contributed by atoms with Gasteiger partial charge >= 0.3 is 0 Å². The molecule has 1 nitrogen and oxygen atoms in total. The lowest BCUT2D eigenvalue weighted by Gasteiger charge is -2.13. The Morgan fingerprint density at radius 1 is 1.38 bits per heavy atom. The summed E-state index contributed by atoms with van der Waals surface area (Å²) >= 11 is 1.82. The van der Waals surface area contributed by atoms with E-state index in [2.05, 4.69) is 50.5 Å². The van der Waals surface area contributed by atoms with Crippen molar-refractivity contribution < 1.29 is 0 Å². The van der Waals surface area contributed by atoms with Crippen molar-refractivity contribution in [3.8, 4) is 0 Å². The molecule has 1 N–H and O–H groups in total. The van der Waals surface area contributed by atoms with Gasteiger partial charge in [-0.1, -0.05) is 25.5 Å². The van der Waals surface area contributed by atoms with Crippen LogP contribution in [0.4, 0.5) is 0 Å². The molecule has 0 saturated carbocycles. The molecule has 1 rings (SSSR count). The molecule has 1 aromatic carbocycles. The van der Waals surface area contributed by atoms with Crippen LogP contribution in [0.3, 0.4) is 0 Å². The van der Waals surface area contributed by atoms with Crippen molar-refractivity contribution in [1.82, 2.24) is 5.32 Å². The molecule has 0 fully saturated rings. The minimum Gasteiger partial charge on any atom is -0.310 e. The Kier molecular flexibility index (Phi) is 5.93. The number of hydrogen-bond acceptors (Lipinski definition) is 2. The van der Waals surface area contributed by atoms with Gasteiger partial charge in [0.05, 0.1) is 0 Å². The lowest BCUT2D eigenvalue weighted by atomic mass is 10.1. The van der Waals surface area contributed by atoms with E-state index in [4.69, 9.17) is 0 Å². The molecule has 2 heteroatoms. The van der Waals surface area contributed by atoms with Crippen molar-refractivity contribution in [3.05, 3.63) is 29.3 Å². The van der Waals surface area contributed by atoms with Crippen LogP contribution in [0.1, 0.15) is 37.8 Å². The Bertz CT molecular complexity index is 323. The predicted octanol–water partition coefficient (Wildman–Crippen LogP) is 4.00. The Morgan fingerprint density at radius 2 is 2.12 bits per heavy atom. The van der Waals surface area contributed by atoms with Gasteiger partial charge in [0.1, 0.15) is 0 Å². The number of thioether (sulfide) groups is 1. The van der Waals surface area contributed by atoms with Crippen LogP contribution in [-0.2, 0) is 6.54 Å². The van der Waals surface area contributed by atoms with Crippen molar-refractivity contribution in [2.45, 2.75) is 51.1 Å².